The molecule has 0 aliphatic rings. The van der Waals surface area contributed by atoms with Crippen LogP contribution in [0.25, 0.3) is 0 Å². The molecule has 100 valence electrons. The Morgan fingerprint density at radius 2 is 1.95 bits per heavy atom. The second-order valence-electron chi connectivity index (χ2n) is 4.61. The van der Waals surface area contributed by atoms with Gasteiger partial charge in [-0.05, 0) is 30.0 Å². The summed E-state index contributed by atoms with van der Waals surface area (Å²) < 4.78 is 14.1. The highest BCUT2D eigenvalue weighted by molar-refractivity contribution is 5.38. The fraction of sp³-hybridized carbons (Fsp3) is 0.357. The predicted molar refractivity (Wildman–Crippen MR) is 72.5 cm³/mol. The zero-order valence-electron chi connectivity index (χ0n) is 11.1. The first-order valence-electron chi connectivity index (χ1n) is 6.31. The Morgan fingerprint density at radius 3 is 2.63 bits per heavy atom. The monoisotopic (exact) mass is 260 g/mol. The molecule has 0 aromatic carbocycles. The second-order valence-corrected chi connectivity index (χ2v) is 4.61. The second kappa shape index (κ2) is 6.22. The lowest BCUT2D eigenvalue weighted by Crippen LogP contribution is -2.10. The third kappa shape index (κ3) is 3.47. The predicted octanol–water partition coefficient (Wildman–Crippen LogP) is 2.79. The summed E-state index contributed by atoms with van der Waals surface area (Å²) in [6, 6.07) is 3.88. The van der Waals surface area contributed by atoms with Crippen LogP contribution in [0.3, 0.4) is 0 Å². The van der Waals surface area contributed by atoms with Crippen LogP contribution in [-0.4, -0.2) is 21.5 Å². The molecule has 0 radical (unpaired) electrons. The van der Waals surface area contributed by atoms with Crippen LogP contribution in [0.1, 0.15) is 31.0 Å². The lowest BCUT2D eigenvalue weighted by molar-refractivity contribution is 0.579. The summed E-state index contributed by atoms with van der Waals surface area (Å²) in [4.78, 5) is 11.9. The molecule has 0 saturated carbocycles. The van der Waals surface area contributed by atoms with Gasteiger partial charge in [0.2, 0.25) is 0 Å². The highest BCUT2D eigenvalue weighted by Crippen LogP contribution is 2.19. The van der Waals surface area contributed by atoms with Crippen molar-refractivity contribution >= 4 is 5.82 Å². The molecule has 2 rings (SSSR count). The number of pyridine rings is 1. The molecule has 0 fully saturated rings. The molecule has 5 heteroatoms. The Labute approximate surface area is 112 Å². The van der Waals surface area contributed by atoms with Gasteiger partial charge in [0.1, 0.15) is 6.33 Å². The Balaban J connectivity index is 1.98. The van der Waals surface area contributed by atoms with E-state index in [1.54, 1.807) is 12.4 Å². The van der Waals surface area contributed by atoms with Gasteiger partial charge in [0, 0.05) is 18.9 Å². The Hall–Kier alpha value is -2.04. The van der Waals surface area contributed by atoms with Crippen molar-refractivity contribution < 1.29 is 4.39 Å². The SMILES string of the molecule is CC(C)c1ncnc(NCCc2ccncc2)c1F. The fourth-order valence-corrected chi connectivity index (χ4v) is 1.78. The third-order valence-electron chi connectivity index (χ3n) is 2.82. The molecule has 19 heavy (non-hydrogen) atoms. The summed E-state index contributed by atoms with van der Waals surface area (Å²) >= 11 is 0. The van der Waals surface area contributed by atoms with E-state index in [4.69, 9.17) is 0 Å². The molecular formula is C14H17FN4. The Kier molecular flexibility index (Phi) is 4.39. The summed E-state index contributed by atoms with van der Waals surface area (Å²) in [6.07, 6.45) is 5.69. The molecule has 0 amide bonds. The first kappa shape index (κ1) is 13.4. The van der Waals surface area contributed by atoms with E-state index in [-0.39, 0.29) is 17.6 Å². The van der Waals surface area contributed by atoms with Crippen LogP contribution in [0.2, 0.25) is 0 Å². The van der Waals surface area contributed by atoms with Crippen molar-refractivity contribution in [3.05, 3.63) is 47.9 Å². The summed E-state index contributed by atoms with van der Waals surface area (Å²) in [5.41, 5.74) is 1.60. The molecule has 0 bridgehead atoms. The zero-order valence-corrected chi connectivity index (χ0v) is 11.1. The van der Waals surface area contributed by atoms with Gasteiger partial charge in [0.05, 0.1) is 5.69 Å². The van der Waals surface area contributed by atoms with E-state index < -0.39 is 0 Å². The highest BCUT2D eigenvalue weighted by Gasteiger charge is 2.13. The van der Waals surface area contributed by atoms with E-state index in [1.807, 2.05) is 26.0 Å². The van der Waals surface area contributed by atoms with E-state index >= 15 is 0 Å². The van der Waals surface area contributed by atoms with Crippen molar-refractivity contribution in [1.29, 1.82) is 0 Å². The molecule has 0 saturated heterocycles. The minimum Gasteiger partial charge on any atom is -0.367 e. The maximum absolute atomic E-state index is 14.1. The molecule has 0 atom stereocenters. The number of hydrogen-bond donors (Lipinski definition) is 1. The smallest absolute Gasteiger partial charge is 0.187 e. The molecule has 0 spiro atoms. The first-order chi connectivity index (χ1) is 9.18. The van der Waals surface area contributed by atoms with E-state index in [9.17, 15) is 4.39 Å². The molecule has 0 aliphatic carbocycles. The molecule has 4 nitrogen and oxygen atoms in total. The van der Waals surface area contributed by atoms with Crippen molar-refractivity contribution in [1.82, 2.24) is 15.0 Å². The van der Waals surface area contributed by atoms with E-state index in [1.165, 1.54) is 6.33 Å². The number of aromatic nitrogens is 3. The van der Waals surface area contributed by atoms with E-state index in [0.29, 0.717) is 12.2 Å². The zero-order chi connectivity index (χ0) is 13.7. The average Bonchev–Trinajstić information content (AvgIpc) is 2.41. The fourth-order valence-electron chi connectivity index (χ4n) is 1.78. The minimum absolute atomic E-state index is 0.0451. The lowest BCUT2D eigenvalue weighted by atomic mass is 10.1. The topological polar surface area (TPSA) is 50.7 Å². The van der Waals surface area contributed by atoms with Gasteiger partial charge in [0.25, 0.3) is 0 Å². The maximum Gasteiger partial charge on any atom is 0.187 e. The van der Waals surface area contributed by atoms with Crippen molar-refractivity contribution in [2.45, 2.75) is 26.2 Å². The van der Waals surface area contributed by atoms with Gasteiger partial charge in [-0.3, -0.25) is 4.98 Å². The van der Waals surface area contributed by atoms with Gasteiger partial charge in [-0.15, -0.1) is 0 Å². The maximum atomic E-state index is 14.1. The molecule has 2 heterocycles. The number of rotatable bonds is 5. The molecule has 2 aromatic rings. The summed E-state index contributed by atoms with van der Waals surface area (Å²) in [7, 11) is 0. The lowest BCUT2D eigenvalue weighted by Gasteiger charge is -2.10. The van der Waals surface area contributed by atoms with E-state index in [2.05, 4.69) is 20.3 Å². The number of nitrogens with one attached hydrogen (secondary N) is 1. The number of hydrogen-bond acceptors (Lipinski definition) is 4. The summed E-state index contributed by atoms with van der Waals surface area (Å²) in [5, 5.41) is 3.01. The Bertz CT molecular complexity index is 528. The minimum atomic E-state index is -0.354. The summed E-state index contributed by atoms with van der Waals surface area (Å²) in [6.45, 7) is 4.44. The molecule has 1 N–H and O–H groups in total. The standard InChI is InChI=1S/C14H17FN4/c1-10(2)13-12(15)14(19-9-18-13)17-8-5-11-3-6-16-7-4-11/h3-4,6-7,9-10H,5,8H2,1-2H3,(H,17,18,19). The molecule has 0 unspecified atom stereocenters. The third-order valence-corrected chi connectivity index (χ3v) is 2.82. The highest BCUT2D eigenvalue weighted by atomic mass is 19.1. The average molecular weight is 260 g/mol. The van der Waals surface area contributed by atoms with Crippen LogP contribution in [0.15, 0.2) is 30.9 Å². The van der Waals surface area contributed by atoms with Crippen molar-refractivity contribution in [3.63, 3.8) is 0 Å². The number of anilines is 1. The van der Waals surface area contributed by atoms with Crippen molar-refractivity contribution in [2.24, 2.45) is 0 Å². The van der Waals surface area contributed by atoms with Crippen molar-refractivity contribution in [2.75, 3.05) is 11.9 Å². The van der Waals surface area contributed by atoms with Crippen LogP contribution in [-0.2, 0) is 6.42 Å². The van der Waals surface area contributed by atoms with Crippen LogP contribution < -0.4 is 5.32 Å². The molecular weight excluding hydrogens is 243 g/mol. The quantitative estimate of drug-likeness (QED) is 0.898. The van der Waals surface area contributed by atoms with Gasteiger partial charge in [0.15, 0.2) is 11.6 Å². The normalized spacial score (nSPS) is 10.7. The van der Waals surface area contributed by atoms with Crippen LogP contribution in [0, 0.1) is 5.82 Å². The van der Waals surface area contributed by atoms with Gasteiger partial charge < -0.3 is 5.32 Å². The van der Waals surface area contributed by atoms with Gasteiger partial charge in [-0.25, -0.2) is 14.4 Å². The van der Waals surface area contributed by atoms with Crippen molar-refractivity contribution in [3.8, 4) is 0 Å². The number of halogens is 1. The van der Waals surface area contributed by atoms with Crippen LogP contribution in [0.4, 0.5) is 10.2 Å². The van der Waals surface area contributed by atoms with Gasteiger partial charge in [-0.2, -0.15) is 0 Å². The summed E-state index contributed by atoms with van der Waals surface area (Å²) in [5.74, 6) is -0.0382. The van der Waals surface area contributed by atoms with Crippen LogP contribution in [0.5, 0.6) is 0 Å². The molecule has 2 aromatic heterocycles. The largest absolute Gasteiger partial charge is 0.367 e. The first-order valence-corrected chi connectivity index (χ1v) is 6.31. The van der Waals surface area contributed by atoms with Gasteiger partial charge >= 0.3 is 0 Å². The Morgan fingerprint density at radius 1 is 1.21 bits per heavy atom. The number of nitrogens with zero attached hydrogens (tertiary/aromatic N) is 3. The van der Waals surface area contributed by atoms with Crippen LogP contribution >= 0.6 is 0 Å². The van der Waals surface area contributed by atoms with Gasteiger partial charge in [-0.1, -0.05) is 13.8 Å². The van der Waals surface area contributed by atoms with E-state index in [0.717, 1.165) is 12.0 Å². The molecule has 0 aliphatic heterocycles.